The van der Waals surface area contributed by atoms with E-state index >= 15 is 0 Å². The van der Waals surface area contributed by atoms with Gasteiger partial charge in [0.05, 0.1) is 28.6 Å². The van der Waals surface area contributed by atoms with E-state index in [1.54, 1.807) is 6.92 Å². The number of alkyl halides is 3. The number of aromatic nitrogens is 1. The minimum Gasteiger partial charge on any atom is -0.481 e. The van der Waals surface area contributed by atoms with Gasteiger partial charge in [-0.15, -0.1) is 0 Å². The summed E-state index contributed by atoms with van der Waals surface area (Å²) >= 11 is 18.6. The van der Waals surface area contributed by atoms with Crippen LogP contribution in [0.5, 0.6) is 5.75 Å². The highest BCUT2D eigenvalue weighted by Gasteiger charge is 2.38. The lowest BCUT2D eigenvalue weighted by Crippen LogP contribution is -2.34. The van der Waals surface area contributed by atoms with Gasteiger partial charge in [0.1, 0.15) is 11.3 Å². The third-order valence-electron chi connectivity index (χ3n) is 5.64. The molecule has 0 saturated carbocycles. The van der Waals surface area contributed by atoms with E-state index in [4.69, 9.17) is 49.3 Å². The summed E-state index contributed by atoms with van der Waals surface area (Å²) in [5.74, 6) is -2.40. The van der Waals surface area contributed by atoms with Crippen LogP contribution in [0.1, 0.15) is 28.4 Å². The second-order valence-corrected chi connectivity index (χ2v) is 9.58. The number of benzene rings is 3. The third-order valence-corrected chi connectivity index (χ3v) is 6.49. The predicted molar refractivity (Wildman–Crippen MR) is 143 cm³/mol. The van der Waals surface area contributed by atoms with Gasteiger partial charge in [-0.1, -0.05) is 70.3 Å². The Morgan fingerprint density at radius 2 is 1.73 bits per heavy atom. The summed E-state index contributed by atoms with van der Waals surface area (Å²) in [6, 6.07) is 13.1. The van der Waals surface area contributed by atoms with Crippen LogP contribution < -0.4 is 4.84 Å². The Hall–Kier alpha value is -3.73. The maximum Gasteiger partial charge on any atom is 0.417 e. The molecule has 0 aliphatic rings. The zero-order valence-corrected chi connectivity index (χ0v) is 22.7. The van der Waals surface area contributed by atoms with Gasteiger partial charge in [-0.2, -0.15) is 18.2 Å². The molecule has 4 rings (SSSR count). The first-order valence-electron chi connectivity index (χ1n) is 11.5. The fourth-order valence-corrected chi connectivity index (χ4v) is 4.60. The number of amides is 1. The van der Waals surface area contributed by atoms with Gasteiger partial charge in [0.25, 0.3) is 5.91 Å². The van der Waals surface area contributed by atoms with E-state index in [-0.39, 0.29) is 45.6 Å². The smallest absolute Gasteiger partial charge is 0.417 e. The first-order valence-corrected chi connectivity index (χ1v) is 12.7. The Morgan fingerprint density at radius 1 is 1.00 bits per heavy atom. The van der Waals surface area contributed by atoms with Crippen molar-refractivity contribution in [3.05, 3.63) is 92.4 Å². The topological polar surface area (TPSA) is 92.9 Å². The van der Waals surface area contributed by atoms with Crippen LogP contribution >= 0.6 is 34.8 Å². The number of carbonyl (C=O) groups is 2. The minimum atomic E-state index is -4.78. The molecule has 1 aromatic heterocycles. The lowest BCUT2D eigenvalue weighted by Gasteiger charge is -2.22. The molecule has 3 aromatic carbocycles. The summed E-state index contributed by atoms with van der Waals surface area (Å²) in [6.07, 6.45) is -5.11. The fourth-order valence-electron chi connectivity index (χ4n) is 3.86. The molecular weight excluding hydrogens is 596 g/mol. The second-order valence-electron chi connectivity index (χ2n) is 8.33. The maximum atomic E-state index is 13.9. The number of aliphatic carboxylic acids is 1. The van der Waals surface area contributed by atoms with Crippen molar-refractivity contribution in [2.45, 2.75) is 19.5 Å². The zero-order chi connectivity index (χ0) is 29.2. The van der Waals surface area contributed by atoms with Gasteiger partial charge < -0.3 is 14.5 Å². The van der Waals surface area contributed by atoms with Crippen LogP contribution in [0.3, 0.4) is 0 Å². The summed E-state index contributed by atoms with van der Waals surface area (Å²) in [6.45, 7) is 1.51. The molecule has 0 saturated heterocycles. The molecule has 0 spiro atoms. The maximum absolute atomic E-state index is 13.9. The van der Waals surface area contributed by atoms with Gasteiger partial charge in [0.2, 0.25) is 0 Å². The highest BCUT2D eigenvalue weighted by molar-refractivity contribution is 6.35. The summed E-state index contributed by atoms with van der Waals surface area (Å²) in [5, 5.41) is 14.3. The van der Waals surface area contributed by atoms with Crippen LogP contribution in [0, 0.1) is 0 Å². The lowest BCUT2D eigenvalue weighted by atomic mass is 9.97. The summed E-state index contributed by atoms with van der Waals surface area (Å²) in [7, 11) is 0. The van der Waals surface area contributed by atoms with Crippen LogP contribution in [0.2, 0.25) is 15.1 Å². The van der Waals surface area contributed by atoms with Crippen LogP contribution in [0.15, 0.2) is 65.2 Å². The Bertz CT molecular complexity index is 1590. The molecular formula is C27H18Cl3F3N2O5. The average Bonchev–Trinajstić information content (AvgIpc) is 3.32. The molecule has 1 amide bonds. The van der Waals surface area contributed by atoms with Crippen molar-refractivity contribution in [1.82, 2.24) is 10.2 Å². The molecule has 0 atom stereocenters. The number of halogens is 6. The van der Waals surface area contributed by atoms with Crippen LogP contribution in [-0.2, 0) is 17.4 Å². The van der Waals surface area contributed by atoms with Gasteiger partial charge >= 0.3 is 12.1 Å². The van der Waals surface area contributed by atoms with Gasteiger partial charge in [0.15, 0.2) is 11.5 Å². The number of carboxylic acids is 1. The van der Waals surface area contributed by atoms with Crippen molar-refractivity contribution < 1.29 is 37.2 Å². The van der Waals surface area contributed by atoms with Crippen LogP contribution in [-0.4, -0.2) is 33.7 Å². The summed E-state index contributed by atoms with van der Waals surface area (Å²) in [4.78, 5) is 30.7. The van der Waals surface area contributed by atoms with Gasteiger partial charge in [-0.3, -0.25) is 9.59 Å². The number of rotatable bonds is 8. The molecule has 1 heterocycles. The highest BCUT2D eigenvalue weighted by Crippen LogP contribution is 2.42. The van der Waals surface area contributed by atoms with Crippen LogP contribution in [0.25, 0.3) is 22.6 Å². The molecule has 0 fully saturated rings. The van der Waals surface area contributed by atoms with Gasteiger partial charge in [-0.05, 0) is 42.8 Å². The number of hydrogen-bond donors (Lipinski definition) is 1. The molecule has 40 heavy (non-hydrogen) atoms. The van der Waals surface area contributed by atoms with Crippen molar-refractivity contribution in [1.29, 1.82) is 0 Å². The monoisotopic (exact) mass is 612 g/mol. The molecule has 0 unspecified atom stereocenters. The molecule has 0 radical (unpaired) electrons. The zero-order valence-electron chi connectivity index (χ0n) is 20.4. The number of hydroxylamine groups is 2. The first kappa shape index (κ1) is 29.3. The normalized spacial score (nSPS) is 11.4. The van der Waals surface area contributed by atoms with E-state index in [1.165, 1.54) is 48.5 Å². The minimum absolute atomic E-state index is 0.00136. The Labute approximate surface area is 240 Å². The van der Waals surface area contributed by atoms with E-state index in [1.807, 2.05) is 0 Å². The third kappa shape index (κ3) is 6.19. The number of carbonyl (C=O) groups excluding carboxylic acids is 1. The standard InChI is InChI=1S/C27H18Cl3F3N2O5/c1-2-35(40-21-10-8-15(28)13-20(21)30)26(38)23-24(17-9-7-14(11-19(17)29)12-22(36)37)34-39-25(23)16-5-3-4-6-18(16)27(31,32)33/h3-11,13H,2,12H2,1H3,(H,36,37). The molecule has 13 heteroatoms. The van der Waals surface area contributed by atoms with Gasteiger partial charge in [0, 0.05) is 16.1 Å². The molecule has 0 aliphatic heterocycles. The molecule has 7 nitrogen and oxygen atoms in total. The van der Waals surface area contributed by atoms with Crippen LogP contribution in [0.4, 0.5) is 13.2 Å². The van der Waals surface area contributed by atoms with Crippen molar-refractivity contribution >= 4 is 46.7 Å². The molecule has 208 valence electrons. The van der Waals surface area contributed by atoms with E-state index in [0.717, 1.165) is 17.2 Å². The summed E-state index contributed by atoms with van der Waals surface area (Å²) in [5.41, 5.74) is -1.55. The van der Waals surface area contributed by atoms with Crippen molar-refractivity contribution in [2.24, 2.45) is 0 Å². The van der Waals surface area contributed by atoms with Crippen molar-refractivity contribution in [3.63, 3.8) is 0 Å². The highest BCUT2D eigenvalue weighted by atomic mass is 35.5. The van der Waals surface area contributed by atoms with E-state index in [2.05, 4.69) is 5.16 Å². The molecule has 1 N–H and O–H groups in total. The van der Waals surface area contributed by atoms with Crippen molar-refractivity contribution in [2.75, 3.05) is 6.54 Å². The SMILES string of the molecule is CCN(Oc1ccc(Cl)cc1Cl)C(=O)c1c(-c2ccc(CC(=O)O)cc2Cl)noc1-c1ccccc1C(F)(F)F. The van der Waals surface area contributed by atoms with Gasteiger partial charge in [-0.25, -0.2) is 0 Å². The predicted octanol–water partition coefficient (Wildman–Crippen LogP) is 8.07. The number of hydrogen-bond acceptors (Lipinski definition) is 5. The fraction of sp³-hybridized carbons (Fsp3) is 0.148. The molecule has 0 bridgehead atoms. The van der Waals surface area contributed by atoms with E-state index in [9.17, 15) is 22.8 Å². The quantitative estimate of drug-likeness (QED) is 0.202. The molecule has 4 aromatic rings. The number of nitrogens with zero attached hydrogens (tertiary/aromatic N) is 2. The Morgan fingerprint density at radius 3 is 2.35 bits per heavy atom. The van der Waals surface area contributed by atoms with E-state index in [0.29, 0.717) is 10.6 Å². The average molecular weight is 614 g/mol. The second kappa shape index (κ2) is 11.8. The molecule has 0 aliphatic carbocycles. The Kier molecular flexibility index (Phi) is 8.62. The Balaban J connectivity index is 1.90. The summed E-state index contributed by atoms with van der Waals surface area (Å²) < 4.78 is 47.1. The lowest BCUT2D eigenvalue weighted by molar-refractivity contribution is -0.137. The largest absolute Gasteiger partial charge is 0.481 e. The van der Waals surface area contributed by atoms with E-state index < -0.39 is 34.9 Å². The number of carboxylic acid groups (broad SMARTS) is 1. The van der Waals surface area contributed by atoms with Crippen molar-refractivity contribution in [3.8, 4) is 28.3 Å². The first-order chi connectivity index (χ1) is 18.9.